The van der Waals surface area contributed by atoms with E-state index in [9.17, 15) is 14.7 Å². The number of aromatic nitrogens is 1. The normalized spacial score (nSPS) is 16.7. The number of carboxylic acids is 1. The number of carboxylic acid groups (broad SMARTS) is 1. The van der Waals surface area contributed by atoms with E-state index >= 15 is 0 Å². The molecule has 1 aromatic heterocycles. The summed E-state index contributed by atoms with van der Waals surface area (Å²) in [5.74, 6) is -0.531. The van der Waals surface area contributed by atoms with Crippen LogP contribution in [0.25, 0.3) is 11.3 Å². The predicted octanol–water partition coefficient (Wildman–Crippen LogP) is 4.86. The summed E-state index contributed by atoms with van der Waals surface area (Å²) < 4.78 is 0. The molecule has 2 heterocycles. The van der Waals surface area contributed by atoms with Crippen LogP contribution in [0.4, 0.5) is 0 Å². The number of hydrogen-bond donors (Lipinski definition) is 1. The first-order valence-corrected chi connectivity index (χ1v) is 10.3. The lowest BCUT2D eigenvalue weighted by molar-refractivity contribution is 0.0696. The highest BCUT2D eigenvalue weighted by Crippen LogP contribution is 2.28. The van der Waals surface area contributed by atoms with Crippen molar-refractivity contribution in [2.24, 2.45) is 0 Å². The van der Waals surface area contributed by atoms with Crippen molar-refractivity contribution in [1.82, 2.24) is 9.88 Å². The minimum absolute atomic E-state index is 0.0192. The Morgan fingerprint density at radius 1 is 0.900 bits per heavy atom. The number of likely N-dealkylation sites (tertiary alicyclic amines) is 1. The SMILES string of the molecule is O=C(O)c1ccccc1-c1ccc(C(=O)N2CCC[C@@H](c3ccccc3)CC2)cn1. The van der Waals surface area contributed by atoms with Crippen molar-refractivity contribution in [2.75, 3.05) is 13.1 Å². The number of carbonyl (C=O) groups is 2. The molecule has 5 heteroatoms. The zero-order chi connectivity index (χ0) is 20.9. The van der Waals surface area contributed by atoms with Crippen LogP contribution in [-0.2, 0) is 0 Å². The summed E-state index contributed by atoms with van der Waals surface area (Å²) in [6, 6.07) is 20.7. The van der Waals surface area contributed by atoms with Crippen LogP contribution in [0.3, 0.4) is 0 Å². The highest BCUT2D eigenvalue weighted by atomic mass is 16.4. The maximum Gasteiger partial charge on any atom is 0.336 e. The summed E-state index contributed by atoms with van der Waals surface area (Å²) in [5, 5.41) is 9.38. The Morgan fingerprint density at radius 2 is 1.67 bits per heavy atom. The van der Waals surface area contributed by atoms with Gasteiger partial charge in [-0.1, -0.05) is 48.5 Å². The Bertz CT molecular complexity index is 1030. The van der Waals surface area contributed by atoms with Gasteiger partial charge >= 0.3 is 5.97 Å². The summed E-state index contributed by atoms with van der Waals surface area (Å²) in [6.07, 6.45) is 4.56. The average molecular weight is 400 g/mol. The summed E-state index contributed by atoms with van der Waals surface area (Å²) in [5.41, 5.74) is 3.16. The van der Waals surface area contributed by atoms with E-state index in [0.717, 1.165) is 32.4 Å². The first-order valence-electron chi connectivity index (χ1n) is 10.3. The van der Waals surface area contributed by atoms with E-state index in [1.807, 2.05) is 11.0 Å². The second-order valence-corrected chi connectivity index (χ2v) is 7.61. The van der Waals surface area contributed by atoms with Crippen LogP contribution in [0.15, 0.2) is 72.9 Å². The summed E-state index contributed by atoms with van der Waals surface area (Å²) in [4.78, 5) is 30.8. The molecule has 152 valence electrons. The molecule has 1 aliphatic rings. The number of hydrogen-bond acceptors (Lipinski definition) is 3. The van der Waals surface area contributed by atoms with E-state index in [1.165, 1.54) is 5.56 Å². The largest absolute Gasteiger partial charge is 0.478 e. The molecule has 3 aromatic rings. The highest BCUT2D eigenvalue weighted by Gasteiger charge is 2.23. The number of rotatable bonds is 4. The quantitative estimate of drug-likeness (QED) is 0.679. The molecule has 0 spiro atoms. The third-order valence-electron chi connectivity index (χ3n) is 5.73. The second-order valence-electron chi connectivity index (χ2n) is 7.61. The van der Waals surface area contributed by atoms with Crippen molar-refractivity contribution in [2.45, 2.75) is 25.2 Å². The van der Waals surface area contributed by atoms with Gasteiger partial charge in [-0.15, -0.1) is 0 Å². The number of amides is 1. The smallest absolute Gasteiger partial charge is 0.336 e. The molecule has 0 bridgehead atoms. The average Bonchev–Trinajstić information content (AvgIpc) is 3.06. The monoisotopic (exact) mass is 400 g/mol. The third kappa shape index (κ3) is 4.25. The van der Waals surface area contributed by atoms with Crippen LogP contribution < -0.4 is 0 Å². The molecule has 2 aromatic carbocycles. The fourth-order valence-corrected chi connectivity index (χ4v) is 4.11. The molecule has 4 rings (SSSR count). The number of aromatic carboxylic acids is 1. The van der Waals surface area contributed by atoms with E-state index in [4.69, 9.17) is 0 Å². The Kier molecular flexibility index (Phi) is 5.89. The maximum atomic E-state index is 13.0. The topological polar surface area (TPSA) is 70.5 Å². The number of carbonyl (C=O) groups excluding carboxylic acids is 1. The molecule has 30 heavy (non-hydrogen) atoms. The Hall–Kier alpha value is -3.47. The van der Waals surface area contributed by atoms with Gasteiger partial charge < -0.3 is 10.0 Å². The van der Waals surface area contributed by atoms with E-state index in [-0.39, 0.29) is 11.5 Å². The number of pyridine rings is 1. The minimum atomic E-state index is -0.995. The van der Waals surface area contributed by atoms with Crippen LogP contribution in [-0.4, -0.2) is 40.0 Å². The van der Waals surface area contributed by atoms with Gasteiger partial charge in [0.05, 0.1) is 16.8 Å². The van der Waals surface area contributed by atoms with Gasteiger partial charge in [-0.05, 0) is 48.9 Å². The molecule has 1 N–H and O–H groups in total. The van der Waals surface area contributed by atoms with Crippen molar-refractivity contribution >= 4 is 11.9 Å². The van der Waals surface area contributed by atoms with Crippen molar-refractivity contribution < 1.29 is 14.7 Å². The maximum absolute atomic E-state index is 13.0. The molecular weight excluding hydrogens is 376 g/mol. The van der Waals surface area contributed by atoms with Gasteiger partial charge in [0.15, 0.2) is 0 Å². The van der Waals surface area contributed by atoms with E-state index < -0.39 is 5.97 Å². The van der Waals surface area contributed by atoms with Gasteiger partial charge in [0.2, 0.25) is 0 Å². The first-order chi connectivity index (χ1) is 14.6. The van der Waals surface area contributed by atoms with Crippen molar-refractivity contribution in [3.63, 3.8) is 0 Å². The van der Waals surface area contributed by atoms with Gasteiger partial charge in [0.1, 0.15) is 0 Å². The Morgan fingerprint density at radius 3 is 2.40 bits per heavy atom. The standard InChI is InChI=1S/C25H24N2O3/c28-24(27-15-6-9-19(14-16-27)18-7-2-1-3-8-18)20-12-13-23(26-17-20)21-10-4-5-11-22(21)25(29)30/h1-5,7-8,10-13,17,19H,6,9,14-16H2,(H,29,30)/t19-/m1/s1. The van der Waals surface area contributed by atoms with E-state index in [2.05, 4.69) is 29.2 Å². The fourth-order valence-electron chi connectivity index (χ4n) is 4.11. The van der Waals surface area contributed by atoms with Gasteiger partial charge in [-0.3, -0.25) is 9.78 Å². The lowest BCUT2D eigenvalue weighted by Gasteiger charge is -2.21. The highest BCUT2D eigenvalue weighted by molar-refractivity contribution is 5.96. The predicted molar refractivity (Wildman–Crippen MR) is 116 cm³/mol. The van der Waals surface area contributed by atoms with Crippen LogP contribution in [0.1, 0.15) is 51.5 Å². The molecule has 1 aliphatic heterocycles. The lowest BCUT2D eigenvalue weighted by Crippen LogP contribution is -2.32. The first kappa shape index (κ1) is 19.8. The van der Waals surface area contributed by atoms with Crippen LogP contribution in [0, 0.1) is 0 Å². The van der Waals surface area contributed by atoms with Gasteiger partial charge in [0, 0.05) is 24.8 Å². The van der Waals surface area contributed by atoms with Gasteiger partial charge in [0.25, 0.3) is 5.91 Å². The van der Waals surface area contributed by atoms with Crippen molar-refractivity contribution in [1.29, 1.82) is 0 Å². The van der Waals surface area contributed by atoms with Crippen LogP contribution in [0.5, 0.6) is 0 Å². The van der Waals surface area contributed by atoms with Crippen molar-refractivity contribution in [3.05, 3.63) is 89.6 Å². The second kappa shape index (κ2) is 8.91. The zero-order valence-corrected chi connectivity index (χ0v) is 16.7. The Balaban J connectivity index is 1.47. The molecule has 5 nitrogen and oxygen atoms in total. The van der Waals surface area contributed by atoms with Gasteiger partial charge in [-0.25, -0.2) is 4.79 Å². The number of nitrogens with zero attached hydrogens (tertiary/aromatic N) is 2. The fraction of sp³-hybridized carbons (Fsp3) is 0.240. The Labute approximate surface area is 176 Å². The minimum Gasteiger partial charge on any atom is -0.478 e. The lowest BCUT2D eigenvalue weighted by atomic mass is 9.92. The summed E-state index contributed by atoms with van der Waals surface area (Å²) in [7, 11) is 0. The van der Waals surface area contributed by atoms with Crippen LogP contribution >= 0.6 is 0 Å². The molecule has 0 unspecified atom stereocenters. The van der Waals surface area contributed by atoms with Crippen LogP contribution in [0.2, 0.25) is 0 Å². The molecule has 1 saturated heterocycles. The molecule has 1 fully saturated rings. The third-order valence-corrected chi connectivity index (χ3v) is 5.73. The molecular formula is C25H24N2O3. The molecule has 0 saturated carbocycles. The zero-order valence-electron chi connectivity index (χ0n) is 16.7. The van der Waals surface area contributed by atoms with E-state index in [0.29, 0.717) is 22.7 Å². The molecule has 1 atom stereocenters. The number of benzene rings is 2. The van der Waals surface area contributed by atoms with Gasteiger partial charge in [-0.2, -0.15) is 0 Å². The van der Waals surface area contributed by atoms with E-state index in [1.54, 1.807) is 42.6 Å². The molecule has 0 radical (unpaired) electrons. The summed E-state index contributed by atoms with van der Waals surface area (Å²) >= 11 is 0. The molecule has 1 amide bonds. The van der Waals surface area contributed by atoms with Crippen molar-refractivity contribution in [3.8, 4) is 11.3 Å². The molecule has 0 aliphatic carbocycles. The summed E-state index contributed by atoms with van der Waals surface area (Å²) in [6.45, 7) is 1.47.